The smallest absolute Gasteiger partial charge is 0.231 e. The van der Waals surface area contributed by atoms with Gasteiger partial charge in [0.1, 0.15) is 12.1 Å². The number of amides is 1. The van der Waals surface area contributed by atoms with E-state index in [0.29, 0.717) is 17.4 Å². The van der Waals surface area contributed by atoms with Gasteiger partial charge in [0.25, 0.3) is 0 Å². The molecule has 2 atom stereocenters. The number of benzene rings is 2. The van der Waals surface area contributed by atoms with Gasteiger partial charge in [-0.2, -0.15) is 10.1 Å². The highest BCUT2D eigenvalue weighted by Gasteiger charge is 2.38. The largest absolute Gasteiger partial charge is 0.497 e. The van der Waals surface area contributed by atoms with Gasteiger partial charge < -0.3 is 4.74 Å². The molecular formula is C20H19ClN4O2. The SMILES string of the molecule is COc1ccc([C@@H]2C[C@@H](c3ccc(Cl)cc3)N(C(C)=O)c3ncnn32)cc1. The summed E-state index contributed by atoms with van der Waals surface area (Å²) in [6, 6.07) is 15.3. The zero-order valence-electron chi connectivity index (χ0n) is 15.0. The second-order valence-corrected chi connectivity index (χ2v) is 6.92. The first kappa shape index (κ1) is 17.5. The third-order valence-electron chi connectivity index (χ3n) is 4.92. The van der Waals surface area contributed by atoms with E-state index in [4.69, 9.17) is 16.3 Å². The Kier molecular flexibility index (Phi) is 4.58. The summed E-state index contributed by atoms with van der Waals surface area (Å²) in [7, 11) is 1.65. The number of ether oxygens (including phenoxy) is 1. The zero-order chi connectivity index (χ0) is 19.0. The summed E-state index contributed by atoms with van der Waals surface area (Å²) < 4.78 is 7.08. The van der Waals surface area contributed by atoms with Gasteiger partial charge in [0.15, 0.2) is 0 Å². The van der Waals surface area contributed by atoms with Crippen molar-refractivity contribution in [3.63, 3.8) is 0 Å². The third kappa shape index (κ3) is 3.17. The molecule has 2 heterocycles. The molecule has 0 saturated heterocycles. The van der Waals surface area contributed by atoms with E-state index in [1.54, 1.807) is 18.9 Å². The number of hydrogen-bond donors (Lipinski definition) is 0. The number of halogens is 1. The molecule has 0 N–H and O–H groups in total. The van der Waals surface area contributed by atoms with Crippen molar-refractivity contribution in [2.75, 3.05) is 12.0 Å². The van der Waals surface area contributed by atoms with Gasteiger partial charge in [-0.05, 0) is 41.8 Å². The van der Waals surface area contributed by atoms with Crippen LogP contribution in [0.15, 0.2) is 54.9 Å². The summed E-state index contributed by atoms with van der Waals surface area (Å²) in [5, 5.41) is 5.06. The van der Waals surface area contributed by atoms with Crippen LogP contribution in [0.3, 0.4) is 0 Å². The van der Waals surface area contributed by atoms with Crippen molar-refractivity contribution < 1.29 is 9.53 Å². The predicted octanol–water partition coefficient (Wildman–Crippen LogP) is 4.03. The number of fused-ring (bicyclic) bond motifs is 1. The van der Waals surface area contributed by atoms with Crippen LogP contribution in [-0.2, 0) is 4.79 Å². The summed E-state index contributed by atoms with van der Waals surface area (Å²) in [6.07, 6.45) is 2.18. The number of hydrogen-bond acceptors (Lipinski definition) is 4. The highest BCUT2D eigenvalue weighted by atomic mass is 35.5. The first-order valence-electron chi connectivity index (χ1n) is 8.67. The van der Waals surface area contributed by atoms with Gasteiger partial charge in [-0.1, -0.05) is 35.9 Å². The number of nitrogens with zero attached hydrogens (tertiary/aromatic N) is 4. The Hall–Kier alpha value is -2.86. The molecule has 2 aromatic carbocycles. The average Bonchev–Trinajstić information content (AvgIpc) is 3.16. The van der Waals surface area contributed by atoms with Crippen LogP contribution in [0.5, 0.6) is 5.75 Å². The molecule has 1 aliphatic rings. The Morgan fingerprint density at radius 1 is 1.07 bits per heavy atom. The monoisotopic (exact) mass is 382 g/mol. The number of rotatable bonds is 3. The number of anilines is 1. The van der Waals surface area contributed by atoms with E-state index >= 15 is 0 Å². The lowest BCUT2D eigenvalue weighted by molar-refractivity contribution is -0.117. The summed E-state index contributed by atoms with van der Waals surface area (Å²) >= 11 is 6.05. The quantitative estimate of drug-likeness (QED) is 0.686. The molecule has 0 bridgehead atoms. The van der Waals surface area contributed by atoms with Crippen LogP contribution in [0.4, 0.5) is 5.95 Å². The Bertz CT molecular complexity index is 953. The minimum Gasteiger partial charge on any atom is -0.497 e. The van der Waals surface area contributed by atoms with Crippen LogP contribution in [0.1, 0.15) is 36.6 Å². The third-order valence-corrected chi connectivity index (χ3v) is 5.17. The van der Waals surface area contributed by atoms with Crippen LogP contribution in [0.25, 0.3) is 0 Å². The summed E-state index contributed by atoms with van der Waals surface area (Å²) in [5.41, 5.74) is 2.10. The van der Waals surface area contributed by atoms with E-state index in [0.717, 1.165) is 16.9 Å². The second-order valence-electron chi connectivity index (χ2n) is 6.49. The Morgan fingerprint density at radius 3 is 2.33 bits per heavy atom. The van der Waals surface area contributed by atoms with Crippen LogP contribution >= 0.6 is 11.6 Å². The molecular weight excluding hydrogens is 364 g/mol. The molecule has 3 aromatic rings. The van der Waals surface area contributed by atoms with Crippen LogP contribution in [0, 0.1) is 0 Å². The minimum atomic E-state index is -0.149. The molecule has 0 saturated carbocycles. The Balaban J connectivity index is 1.80. The molecule has 0 aliphatic carbocycles. The molecule has 1 aromatic heterocycles. The van der Waals surface area contributed by atoms with Gasteiger partial charge in [0.2, 0.25) is 11.9 Å². The average molecular weight is 383 g/mol. The number of carbonyl (C=O) groups excluding carboxylic acids is 1. The first-order chi connectivity index (χ1) is 13.1. The normalized spacial score (nSPS) is 18.9. The van der Waals surface area contributed by atoms with Crippen molar-refractivity contribution in [1.82, 2.24) is 14.8 Å². The maximum absolute atomic E-state index is 12.4. The van der Waals surface area contributed by atoms with Crippen molar-refractivity contribution in [3.05, 3.63) is 71.0 Å². The van der Waals surface area contributed by atoms with E-state index in [9.17, 15) is 4.79 Å². The molecule has 0 unspecified atom stereocenters. The van der Waals surface area contributed by atoms with Crippen molar-refractivity contribution in [2.24, 2.45) is 0 Å². The maximum atomic E-state index is 12.4. The fraction of sp³-hybridized carbons (Fsp3) is 0.250. The van der Waals surface area contributed by atoms with Crippen LogP contribution in [-0.4, -0.2) is 27.8 Å². The molecule has 7 heteroatoms. The van der Waals surface area contributed by atoms with Gasteiger partial charge in [-0.3, -0.25) is 9.69 Å². The van der Waals surface area contributed by atoms with Gasteiger partial charge in [-0.15, -0.1) is 0 Å². The topological polar surface area (TPSA) is 60.2 Å². The molecule has 0 spiro atoms. The zero-order valence-corrected chi connectivity index (χ0v) is 15.8. The van der Waals surface area contributed by atoms with Gasteiger partial charge in [0.05, 0.1) is 19.2 Å². The lowest BCUT2D eigenvalue weighted by Crippen LogP contribution is -2.41. The van der Waals surface area contributed by atoms with Crippen LogP contribution in [0.2, 0.25) is 5.02 Å². The van der Waals surface area contributed by atoms with Crippen molar-refractivity contribution >= 4 is 23.5 Å². The minimum absolute atomic E-state index is 0.0373. The van der Waals surface area contributed by atoms with Gasteiger partial charge in [0, 0.05) is 11.9 Å². The molecule has 4 rings (SSSR count). The lowest BCUT2D eigenvalue weighted by Gasteiger charge is -2.38. The van der Waals surface area contributed by atoms with Crippen molar-refractivity contribution in [2.45, 2.75) is 25.4 Å². The summed E-state index contributed by atoms with van der Waals surface area (Å²) in [4.78, 5) is 18.5. The van der Waals surface area contributed by atoms with E-state index < -0.39 is 0 Å². The molecule has 0 fully saturated rings. The van der Waals surface area contributed by atoms with Crippen molar-refractivity contribution in [1.29, 1.82) is 0 Å². The molecule has 138 valence electrons. The number of carbonyl (C=O) groups is 1. The van der Waals surface area contributed by atoms with Crippen molar-refractivity contribution in [3.8, 4) is 5.75 Å². The molecule has 1 aliphatic heterocycles. The summed E-state index contributed by atoms with van der Waals surface area (Å²) in [6.45, 7) is 1.55. The highest BCUT2D eigenvalue weighted by molar-refractivity contribution is 6.30. The number of aromatic nitrogens is 3. The fourth-order valence-corrected chi connectivity index (χ4v) is 3.75. The fourth-order valence-electron chi connectivity index (χ4n) is 3.63. The molecule has 6 nitrogen and oxygen atoms in total. The standard InChI is InChI=1S/C20H19ClN4O2/c1-13(26)24-18(14-3-7-16(21)8-4-14)11-19(25-20(24)22-12-23-25)15-5-9-17(27-2)10-6-15/h3-10,12,18-19H,11H2,1-2H3/t18-,19-/m0/s1. The number of methoxy groups -OCH3 is 1. The summed E-state index contributed by atoms with van der Waals surface area (Å²) in [5.74, 6) is 1.28. The lowest BCUT2D eigenvalue weighted by atomic mass is 9.92. The first-order valence-corrected chi connectivity index (χ1v) is 9.05. The molecule has 27 heavy (non-hydrogen) atoms. The van der Waals surface area contributed by atoms with E-state index in [2.05, 4.69) is 10.1 Å². The van der Waals surface area contributed by atoms with E-state index in [1.807, 2.05) is 53.2 Å². The van der Waals surface area contributed by atoms with E-state index in [1.165, 1.54) is 6.33 Å². The second kappa shape index (κ2) is 7.04. The Morgan fingerprint density at radius 2 is 1.70 bits per heavy atom. The predicted molar refractivity (Wildman–Crippen MR) is 103 cm³/mol. The molecule has 1 amide bonds. The van der Waals surface area contributed by atoms with Gasteiger partial charge in [-0.25, -0.2) is 4.68 Å². The van der Waals surface area contributed by atoms with Crippen LogP contribution < -0.4 is 9.64 Å². The van der Waals surface area contributed by atoms with Gasteiger partial charge >= 0.3 is 0 Å². The Labute approximate surface area is 162 Å². The molecule has 0 radical (unpaired) electrons. The van der Waals surface area contributed by atoms with E-state index in [-0.39, 0.29) is 18.0 Å². The maximum Gasteiger partial charge on any atom is 0.231 e. The highest BCUT2D eigenvalue weighted by Crippen LogP contribution is 2.42.